The van der Waals surface area contributed by atoms with Crippen molar-refractivity contribution in [1.29, 1.82) is 0 Å². The van der Waals surface area contributed by atoms with Crippen molar-refractivity contribution in [3.63, 3.8) is 0 Å². The van der Waals surface area contributed by atoms with E-state index in [0.29, 0.717) is 0 Å². The smallest absolute Gasteiger partial charge is 0.192 e. The van der Waals surface area contributed by atoms with Gasteiger partial charge in [0.05, 0.1) is 0 Å². The Hall–Kier alpha value is -1.54. The van der Waals surface area contributed by atoms with Gasteiger partial charge in [-0.15, -0.1) is 0 Å². The molecule has 0 unspecified atom stereocenters. The van der Waals surface area contributed by atoms with E-state index in [1.807, 2.05) is 48.0 Å². The molecule has 1 heterocycles. The predicted molar refractivity (Wildman–Crippen MR) is 112 cm³/mol. The first-order valence-electron chi connectivity index (χ1n) is 8.79. The van der Waals surface area contributed by atoms with Crippen LogP contribution in [0.4, 0.5) is 0 Å². The zero-order valence-corrected chi connectivity index (χ0v) is 16.2. The third kappa shape index (κ3) is 4.98. The van der Waals surface area contributed by atoms with Crippen LogP contribution in [0.1, 0.15) is 37.3 Å². The van der Waals surface area contributed by atoms with Crippen LogP contribution < -0.4 is 5.09 Å². The van der Waals surface area contributed by atoms with Crippen molar-refractivity contribution in [2.24, 2.45) is 0 Å². The number of benzene rings is 2. The molecular formula is C21H24NOPS. The summed E-state index contributed by atoms with van der Waals surface area (Å²) < 4.78 is 13.5. The van der Waals surface area contributed by atoms with Crippen LogP contribution in [0.3, 0.4) is 0 Å². The van der Waals surface area contributed by atoms with Gasteiger partial charge in [0.25, 0.3) is 0 Å². The lowest BCUT2D eigenvalue weighted by molar-refractivity contribution is 0.573. The maximum absolute atomic E-state index is 13.5. The minimum Gasteiger partial charge on any atom is -0.298 e. The van der Waals surface area contributed by atoms with Crippen LogP contribution in [0, 0.1) is 0 Å². The quantitative estimate of drug-likeness (QED) is 0.430. The fraction of sp³-hybridized carbons (Fsp3) is 0.238. The van der Waals surface area contributed by atoms with Crippen LogP contribution in [-0.4, -0.2) is 6.54 Å². The first-order valence-corrected chi connectivity index (χ1v) is 11.5. The van der Waals surface area contributed by atoms with Crippen LogP contribution in [0.5, 0.6) is 0 Å². The first-order chi connectivity index (χ1) is 12.2. The monoisotopic (exact) mass is 369 g/mol. The SMILES string of the molecule is CCCCCNP1(=O)C=C(c2ccccc2)SC(c2ccccc2)=C1. The lowest BCUT2D eigenvalue weighted by atomic mass is 10.2. The Kier molecular flexibility index (Phi) is 6.36. The maximum atomic E-state index is 13.5. The van der Waals surface area contributed by atoms with E-state index < -0.39 is 7.29 Å². The van der Waals surface area contributed by atoms with Crippen molar-refractivity contribution in [2.75, 3.05) is 6.54 Å². The van der Waals surface area contributed by atoms with Gasteiger partial charge in [-0.2, -0.15) is 0 Å². The zero-order chi connectivity index (χ0) is 17.5. The van der Waals surface area contributed by atoms with E-state index in [0.717, 1.165) is 46.7 Å². The van der Waals surface area contributed by atoms with Gasteiger partial charge in [0.2, 0.25) is 0 Å². The van der Waals surface area contributed by atoms with Crippen LogP contribution in [0.2, 0.25) is 0 Å². The molecule has 1 N–H and O–H groups in total. The molecule has 3 rings (SSSR count). The summed E-state index contributed by atoms with van der Waals surface area (Å²) in [6.07, 6.45) is 3.38. The zero-order valence-electron chi connectivity index (χ0n) is 14.5. The summed E-state index contributed by atoms with van der Waals surface area (Å²) in [5.74, 6) is 3.87. The van der Waals surface area contributed by atoms with Gasteiger partial charge in [0.15, 0.2) is 7.29 Å². The number of hydrogen-bond acceptors (Lipinski definition) is 2. The number of rotatable bonds is 7. The Morgan fingerprint density at radius 1 is 0.840 bits per heavy atom. The molecule has 0 amide bonds. The van der Waals surface area contributed by atoms with E-state index in [1.54, 1.807) is 11.8 Å². The van der Waals surface area contributed by atoms with E-state index in [4.69, 9.17) is 0 Å². The Bertz CT molecular complexity index is 740. The molecule has 1 aliphatic heterocycles. The van der Waals surface area contributed by atoms with Crippen LogP contribution >= 0.6 is 19.1 Å². The Balaban J connectivity index is 1.91. The highest BCUT2D eigenvalue weighted by atomic mass is 32.2. The van der Waals surface area contributed by atoms with E-state index in [-0.39, 0.29) is 0 Å². The van der Waals surface area contributed by atoms with Gasteiger partial charge in [-0.05, 0) is 17.5 Å². The average Bonchev–Trinajstić information content (AvgIpc) is 2.66. The molecule has 0 aliphatic carbocycles. The van der Waals surface area contributed by atoms with Crippen molar-refractivity contribution < 1.29 is 4.57 Å². The average molecular weight is 369 g/mol. The predicted octanol–water partition coefficient (Wildman–Crippen LogP) is 6.79. The molecule has 130 valence electrons. The number of unbranched alkanes of at least 4 members (excludes halogenated alkanes) is 2. The van der Waals surface area contributed by atoms with E-state index in [2.05, 4.69) is 36.3 Å². The molecule has 2 aromatic carbocycles. The molecule has 0 atom stereocenters. The summed E-state index contributed by atoms with van der Waals surface area (Å²) in [6, 6.07) is 20.4. The second kappa shape index (κ2) is 8.71. The lowest BCUT2D eigenvalue weighted by Crippen LogP contribution is -2.11. The second-order valence-electron chi connectivity index (χ2n) is 6.15. The van der Waals surface area contributed by atoms with E-state index in [1.165, 1.54) is 0 Å². The minimum atomic E-state index is -2.69. The van der Waals surface area contributed by atoms with Crippen LogP contribution in [0.15, 0.2) is 72.3 Å². The molecule has 0 bridgehead atoms. The highest BCUT2D eigenvalue weighted by Gasteiger charge is 2.25. The molecule has 25 heavy (non-hydrogen) atoms. The molecule has 0 spiro atoms. The Morgan fingerprint density at radius 3 is 1.84 bits per heavy atom. The van der Waals surface area contributed by atoms with Crippen molar-refractivity contribution in [1.82, 2.24) is 5.09 Å². The molecular weight excluding hydrogens is 345 g/mol. The number of thioether (sulfide) groups is 1. The third-order valence-electron chi connectivity index (χ3n) is 4.09. The fourth-order valence-corrected chi connectivity index (χ4v) is 6.61. The van der Waals surface area contributed by atoms with Gasteiger partial charge in [-0.25, -0.2) is 0 Å². The number of nitrogens with one attached hydrogen (secondary N) is 1. The van der Waals surface area contributed by atoms with Gasteiger partial charge in [-0.3, -0.25) is 9.65 Å². The van der Waals surface area contributed by atoms with Crippen molar-refractivity contribution >= 4 is 28.9 Å². The summed E-state index contributed by atoms with van der Waals surface area (Å²) in [5.41, 5.74) is 2.23. The standard InChI is InChI=1S/C21H24NOPS/c1-2-3-10-15-22-24(23)16-20(18-11-6-4-7-12-18)25-21(17-24)19-13-8-5-9-14-19/h4-9,11-14,16-17H,2-3,10,15H2,1H3,(H,22,23). The second-order valence-corrected chi connectivity index (χ2v) is 9.48. The van der Waals surface area contributed by atoms with Crippen molar-refractivity contribution in [3.8, 4) is 0 Å². The molecule has 0 saturated heterocycles. The van der Waals surface area contributed by atoms with Gasteiger partial charge in [-0.1, -0.05) is 92.2 Å². The topological polar surface area (TPSA) is 29.1 Å². The molecule has 0 fully saturated rings. The molecule has 1 aliphatic rings. The highest BCUT2D eigenvalue weighted by Crippen LogP contribution is 2.58. The summed E-state index contributed by atoms with van der Waals surface area (Å²) in [5, 5.41) is 3.32. The molecule has 0 radical (unpaired) electrons. The Labute approximate surface area is 154 Å². The number of hydrogen-bond donors (Lipinski definition) is 1. The Morgan fingerprint density at radius 2 is 1.36 bits per heavy atom. The summed E-state index contributed by atoms with van der Waals surface area (Å²) in [7, 11) is -2.69. The normalized spacial score (nSPS) is 16.2. The van der Waals surface area contributed by atoms with Crippen molar-refractivity contribution in [3.05, 3.63) is 83.4 Å². The molecule has 0 aromatic heterocycles. The summed E-state index contributed by atoms with van der Waals surface area (Å²) in [4.78, 5) is 2.13. The third-order valence-corrected chi connectivity index (χ3v) is 7.59. The molecule has 4 heteroatoms. The first kappa shape index (κ1) is 18.3. The van der Waals surface area contributed by atoms with E-state index >= 15 is 0 Å². The van der Waals surface area contributed by atoms with Gasteiger partial charge in [0, 0.05) is 28.0 Å². The van der Waals surface area contributed by atoms with Gasteiger partial charge in [0.1, 0.15) is 0 Å². The van der Waals surface area contributed by atoms with Crippen molar-refractivity contribution in [2.45, 2.75) is 26.2 Å². The summed E-state index contributed by atoms with van der Waals surface area (Å²) >= 11 is 1.69. The maximum Gasteiger partial charge on any atom is 0.192 e. The van der Waals surface area contributed by atoms with E-state index in [9.17, 15) is 4.57 Å². The largest absolute Gasteiger partial charge is 0.298 e. The van der Waals surface area contributed by atoms with Gasteiger partial charge < -0.3 is 0 Å². The summed E-state index contributed by atoms with van der Waals surface area (Å²) in [6.45, 7) is 2.97. The minimum absolute atomic E-state index is 0.785. The lowest BCUT2D eigenvalue weighted by Gasteiger charge is -2.22. The van der Waals surface area contributed by atoms with Crippen LogP contribution in [0.25, 0.3) is 9.81 Å². The van der Waals surface area contributed by atoms with Gasteiger partial charge >= 0.3 is 0 Å². The molecule has 2 nitrogen and oxygen atoms in total. The molecule has 2 aromatic rings. The van der Waals surface area contributed by atoms with Crippen LogP contribution in [-0.2, 0) is 4.57 Å². The fourth-order valence-electron chi connectivity index (χ4n) is 2.75. The molecule has 0 saturated carbocycles. The highest BCUT2D eigenvalue weighted by molar-refractivity contribution is 8.17.